The SMILES string of the molecule is COc1cccc(NC(N)=NCC(C)Oc2ccccc2OC)c1. The molecule has 1 atom stereocenters. The van der Waals surface area contributed by atoms with Crippen LogP contribution in [0.5, 0.6) is 17.2 Å². The Balaban J connectivity index is 1.91. The molecule has 0 spiro atoms. The first-order chi connectivity index (χ1) is 11.6. The van der Waals surface area contributed by atoms with Crippen LogP contribution < -0.4 is 25.3 Å². The van der Waals surface area contributed by atoms with E-state index in [1.165, 1.54) is 0 Å². The first-order valence-electron chi connectivity index (χ1n) is 7.63. The minimum atomic E-state index is -0.146. The number of para-hydroxylation sites is 2. The van der Waals surface area contributed by atoms with Crippen molar-refractivity contribution in [1.82, 2.24) is 0 Å². The van der Waals surface area contributed by atoms with E-state index in [1.807, 2.05) is 55.5 Å². The van der Waals surface area contributed by atoms with E-state index in [2.05, 4.69) is 10.3 Å². The number of methoxy groups -OCH3 is 2. The van der Waals surface area contributed by atoms with Crippen molar-refractivity contribution in [3.8, 4) is 17.2 Å². The van der Waals surface area contributed by atoms with Gasteiger partial charge in [0.1, 0.15) is 11.9 Å². The van der Waals surface area contributed by atoms with Crippen molar-refractivity contribution in [2.45, 2.75) is 13.0 Å². The molecule has 0 aliphatic carbocycles. The Kier molecular flexibility index (Phi) is 6.31. The highest BCUT2D eigenvalue weighted by molar-refractivity contribution is 5.92. The van der Waals surface area contributed by atoms with Crippen LogP contribution in [-0.2, 0) is 0 Å². The molecule has 6 heteroatoms. The normalized spacial score (nSPS) is 12.4. The molecule has 3 N–H and O–H groups in total. The molecule has 0 heterocycles. The fraction of sp³-hybridized carbons (Fsp3) is 0.278. The Morgan fingerprint density at radius 2 is 1.83 bits per heavy atom. The van der Waals surface area contributed by atoms with Gasteiger partial charge in [0.25, 0.3) is 0 Å². The third kappa shape index (κ3) is 5.08. The molecule has 0 aromatic heterocycles. The summed E-state index contributed by atoms with van der Waals surface area (Å²) in [6, 6.07) is 15.0. The lowest BCUT2D eigenvalue weighted by Crippen LogP contribution is -2.25. The summed E-state index contributed by atoms with van der Waals surface area (Å²) in [6.45, 7) is 2.34. The highest BCUT2D eigenvalue weighted by atomic mass is 16.5. The summed E-state index contributed by atoms with van der Waals surface area (Å²) in [4.78, 5) is 4.30. The van der Waals surface area contributed by atoms with Crippen molar-refractivity contribution in [3.63, 3.8) is 0 Å². The lowest BCUT2D eigenvalue weighted by atomic mass is 10.3. The first-order valence-corrected chi connectivity index (χ1v) is 7.63. The van der Waals surface area contributed by atoms with Crippen LogP contribution in [0.2, 0.25) is 0 Å². The quantitative estimate of drug-likeness (QED) is 0.603. The van der Waals surface area contributed by atoms with E-state index in [4.69, 9.17) is 19.9 Å². The van der Waals surface area contributed by atoms with Crippen molar-refractivity contribution in [3.05, 3.63) is 48.5 Å². The van der Waals surface area contributed by atoms with Crippen LogP contribution in [0.15, 0.2) is 53.5 Å². The Morgan fingerprint density at radius 1 is 1.08 bits per heavy atom. The van der Waals surface area contributed by atoms with Crippen LogP contribution in [-0.4, -0.2) is 32.8 Å². The summed E-state index contributed by atoms with van der Waals surface area (Å²) >= 11 is 0. The topological polar surface area (TPSA) is 78.1 Å². The van der Waals surface area contributed by atoms with Gasteiger partial charge >= 0.3 is 0 Å². The van der Waals surface area contributed by atoms with E-state index in [0.717, 1.165) is 11.4 Å². The molecule has 1 unspecified atom stereocenters. The van der Waals surface area contributed by atoms with Gasteiger partial charge < -0.3 is 25.3 Å². The Labute approximate surface area is 142 Å². The molecular formula is C18H23N3O3. The molecule has 128 valence electrons. The molecule has 2 aromatic rings. The van der Waals surface area contributed by atoms with Gasteiger partial charge in [0.05, 0.1) is 20.8 Å². The van der Waals surface area contributed by atoms with Gasteiger partial charge in [0.15, 0.2) is 17.5 Å². The standard InChI is InChI=1S/C18H23N3O3/c1-13(24-17-10-5-4-9-16(17)23-3)12-20-18(19)21-14-7-6-8-15(11-14)22-2/h4-11,13H,12H2,1-3H3,(H3,19,20,21). The van der Waals surface area contributed by atoms with E-state index in [1.54, 1.807) is 14.2 Å². The fourth-order valence-electron chi connectivity index (χ4n) is 2.09. The van der Waals surface area contributed by atoms with Crippen LogP contribution in [0.4, 0.5) is 5.69 Å². The first kappa shape index (κ1) is 17.5. The molecule has 0 saturated heterocycles. The van der Waals surface area contributed by atoms with Crippen molar-refractivity contribution in [2.24, 2.45) is 10.7 Å². The van der Waals surface area contributed by atoms with E-state index >= 15 is 0 Å². The summed E-state index contributed by atoms with van der Waals surface area (Å²) in [5.41, 5.74) is 6.73. The zero-order valence-electron chi connectivity index (χ0n) is 14.2. The maximum atomic E-state index is 5.91. The number of anilines is 1. The summed E-state index contributed by atoms with van der Waals surface area (Å²) in [6.07, 6.45) is -0.146. The smallest absolute Gasteiger partial charge is 0.193 e. The number of nitrogens with zero attached hydrogens (tertiary/aromatic N) is 1. The number of guanidine groups is 1. The zero-order valence-corrected chi connectivity index (χ0v) is 14.2. The molecular weight excluding hydrogens is 306 g/mol. The minimum Gasteiger partial charge on any atom is -0.497 e. The number of ether oxygens (including phenoxy) is 3. The second-order valence-corrected chi connectivity index (χ2v) is 5.16. The number of rotatable bonds is 7. The predicted molar refractivity (Wildman–Crippen MR) is 96.2 cm³/mol. The Bertz CT molecular complexity index is 689. The summed E-state index contributed by atoms with van der Waals surface area (Å²) in [5.74, 6) is 2.44. The maximum Gasteiger partial charge on any atom is 0.193 e. The van der Waals surface area contributed by atoms with E-state index in [-0.39, 0.29) is 6.10 Å². The van der Waals surface area contributed by atoms with Gasteiger partial charge in [0.2, 0.25) is 0 Å². The molecule has 0 aliphatic rings. The number of nitrogens with two attached hydrogens (primary N) is 1. The molecule has 24 heavy (non-hydrogen) atoms. The van der Waals surface area contributed by atoms with Gasteiger partial charge in [0, 0.05) is 11.8 Å². The van der Waals surface area contributed by atoms with Crippen molar-refractivity contribution >= 4 is 11.6 Å². The molecule has 0 radical (unpaired) electrons. The largest absolute Gasteiger partial charge is 0.497 e. The van der Waals surface area contributed by atoms with Crippen LogP contribution in [0.25, 0.3) is 0 Å². The van der Waals surface area contributed by atoms with Gasteiger partial charge in [-0.05, 0) is 31.2 Å². The fourth-order valence-corrected chi connectivity index (χ4v) is 2.09. The second-order valence-electron chi connectivity index (χ2n) is 5.16. The summed E-state index contributed by atoms with van der Waals surface area (Å²) in [7, 11) is 3.23. The summed E-state index contributed by atoms with van der Waals surface area (Å²) in [5, 5.41) is 3.03. The zero-order chi connectivity index (χ0) is 17.4. The van der Waals surface area contributed by atoms with Gasteiger partial charge in [-0.2, -0.15) is 0 Å². The lowest BCUT2D eigenvalue weighted by Gasteiger charge is -2.15. The van der Waals surface area contributed by atoms with Crippen LogP contribution >= 0.6 is 0 Å². The third-order valence-electron chi connectivity index (χ3n) is 3.26. The Hall–Kier alpha value is -2.89. The average molecular weight is 329 g/mol. The molecule has 2 aromatic carbocycles. The molecule has 0 bridgehead atoms. The molecule has 2 rings (SSSR count). The predicted octanol–water partition coefficient (Wildman–Crippen LogP) is 2.90. The van der Waals surface area contributed by atoms with Gasteiger partial charge in [-0.1, -0.05) is 18.2 Å². The monoisotopic (exact) mass is 329 g/mol. The van der Waals surface area contributed by atoms with Crippen molar-refractivity contribution in [1.29, 1.82) is 0 Å². The highest BCUT2D eigenvalue weighted by Crippen LogP contribution is 2.26. The minimum absolute atomic E-state index is 0.146. The van der Waals surface area contributed by atoms with Crippen LogP contribution in [0.3, 0.4) is 0 Å². The number of hydrogen-bond donors (Lipinski definition) is 2. The molecule has 0 fully saturated rings. The average Bonchev–Trinajstić information content (AvgIpc) is 2.60. The van der Waals surface area contributed by atoms with E-state index in [9.17, 15) is 0 Å². The number of hydrogen-bond acceptors (Lipinski definition) is 4. The van der Waals surface area contributed by atoms with Crippen molar-refractivity contribution < 1.29 is 14.2 Å². The van der Waals surface area contributed by atoms with Crippen molar-refractivity contribution in [2.75, 3.05) is 26.1 Å². The number of benzene rings is 2. The van der Waals surface area contributed by atoms with Gasteiger partial charge in [-0.15, -0.1) is 0 Å². The van der Waals surface area contributed by atoms with E-state index in [0.29, 0.717) is 24.0 Å². The van der Waals surface area contributed by atoms with E-state index < -0.39 is 0 Å². The molecule has 6 nitrogen and oxygen atoms in total. The van der Waals surface area contributed by atoms with Crippen LogP contribution in [0, 0.1) is 0 Å². The highest BCUT2D eigenvalue weighted by Gasteiger charge is 2.08. The third-order valence-corrected chi connectivity index (χ3v) is 3.26. The Morgan fingerprint density at radius 3 is 2.54 bits per heavy atom. The van der Waals surface area contributed by atoms with Crippen LogP contribution in [0.1, 0.15) is 6.92 Å². The summed E-state index contributed by atoms with van der Waals surface area (Å²) < 4.78 is 16.3. The maximum absolute atomic E-state index is 5.91. The molecule has 0 amide bonds. The number of nitrogens with one attached hydrogen (secondary N) is 1. The number of aliphatic imine (C=N–C) groups is 1. The van der Waals surface area contributed by atoms with Gasteiger partial charge in [-0.25, -0.2) is 4.99 Å². The molecule has 0 saturated carbocycles. The lowest BCUT2D eigenvalue weighted by molar-refractivity contribution is 0.219. The second kappa shape index (κ2) is 8.67. The molecule has 0 aliphatic heterocycles. The van der Waals surface area contributed by atoms with Gasteiger partial charge in [-0.3, -0.25) is 0 Å².